The molecule has 12 nitrogen and oxygen atoms in total. The summed E-state index contributed by atoms with van der Waals surface area (Å²) < 4.78 is 41.2. The third-order valence-corrected chi connectivity index (χ3v) is 8.61. The fourth-order valence-corrected chi connectivity index (χ4v) is 5.90. The molecule has 0 spiro atoms. The van der Waals surface area contributed by atoms with Crippen molar-refractivity contribution in [2.45, 2.75) is 30.3 Å². The van der Waals surface area contributed by atoms with Gasteiger partial charge >= 0.3 is 0 Å². The van der Waals surface area contributed by atoms with Crippen LogP contribution in [0.2, 0.25) is 0 Å². The third-order valence-electron chi connectivity index (χ3n) is 5.92. The SMILES string of the molecule is CNCCCOc1ccc2nc(NC(=O)C(=NO[C@@H]3CCOC3)c3ccc(S(=O)(=O)CCCOC)cc3)sc2n1. The molecule has 2 aromatic heterocycles. The quantitative estimate of drug-likeness (QED) is 0.153. The van der Waals surface area contributed by atoms with Crippen LogP contribution in [0.3, 0.4) is 0 Å². The normalized spacial score (nSPS) is 15.8. The Morgan fingerprint density at radius 1 is 1.15 bits per heavy atom. The maximum absolute atomic E-state index is 13.4. The monoisotopic (exact) mass is 591 g/mol. The summed E-state index contributed by atoms with van der Waals surface area (Å²) in [6.07, 6.45) is 1.60. The molecule has 2 N–H and O–H groups in total. The maximum Gasteiger partial charge on any atom is 0.280 e. The Kier molecular flexibility index (Phi) is 10.8. The lowest BCUT2D eigenvalue weighted by molar-refractivity contribution is -0.110. The molecule has 0 bridgehead atoms. The highest BCUT2D eigenvalue weighted by Crippen LogP contribution is 2.27. The van der Waals surface area contributed by atoms with Gasteiger partial charge in [0, 0.05) is 31.8 Å². The molecule has 0 aliphatic carbocycles. The number of benzene rings is 1. The zero-order valence-corrected chi connectivity index (χ0v) is 24.1. The van der Waals surface area contributed by atoms with Crippen LogP contribution >= 0.6 is 11.3 Å². The van der Waals surface area contributed by atoms with Crippen molar-refractivity contribution in [2.75, 3.05) is 58.2 Å². The summed E-state index contributed by atoms with van der Waals surface area (Å²) in [5.74, 6) is -0.116. The fraction of sp³-hybridized carbons (Fsp3) is 0.462. The largest absolute Gasteiger partial charge is 0.478 e. The molecule has 1 fully saturated rings. The summed E-state index contributed by atoms with van der Waals surface area (Å²) in [5, 5.41) is 10.3. The van der Waals surface area contributed by atoms with Crippen molar-refractivity contribution >= 4 is 48.3 Å². The van der Waals surface area contributed by atoms with Gasteiger partial charge < -0.3 is 24.4 Å². The minimum Gasteiger partial charge on any atom is -0.478 e. The first-order valence-electron chi connectivity index (χ1n) is 12.9. The number of rotatable bonds is 15. The number of anilines is 1. The number of hydrogen-bond acceptors (Lipinski definition) is 12. The van der Waals surface area contributed by atoms with E-state index in [1.54, 1.807) is 12.1 Å². The number of thiazole rings is 1. The second-order valence-electron chi connectivity index (χ2n) is 8.97. The number of fused-ring (bicyclic) bond motifs is 1. The van der Waals surface area contributed by atoms with Crippen molar-refractivity contribution in [3.05, 3.63) is 42.0 Å². The van der Waals surface area contributed by atoms with Crippen LogP contribution in [0.5, 0.6) is 5.88 Å². The van der Waals surface area contributed by atoms with Gasteiger partial charge in [-0.1, -0.05) is 28.6 Å². The lowest BCUT2D eigenvalue weighted by atomic mass is 10.1. The molecular formula is C26H33N5O7S2. The summed E-state index contributed by atoms with van der Waals surface area (Å²) in [4.78, 5) is 28.6. The van der Waals surface area contributed by atoms with Crippen molar-refractivity contribution < 1.29 is 32.3 Å². The number of ether oxygens (including phenoxy) is 3. The Hall–Kier alpha value is -3.17. The second kappa shape index (κ2) is 14.5. The Balaban J connectivity index is 1.51. The number of methoxy groups -OCH3 is 1. The summed E-state index contributed by atoms with van der Waals surface area (Å²) in [6.45, 7) is 2.65. The zero-order chi connectivity index (χ0) is 28.4. The summed E-state index contributed by atoms with van der Waals surface area (Å²) >= 11 is 1.20. The first-order chi connectivity index (χ1) is 19.4. The molecule has 3 heterocycles. The summed E-state index contributed by atoms with van der Waals surface area (Å²) in [5.41, 5.74) is 0.989. The fourth-order valence-electron chi connectivity index (χ4n) is 3.80. The summed E-state index contributed by atoms with van der Waals surface area (Å²) in [6, 6.07) is 9.51. The van der Waals surface area contributed by atoms with Crippen LogP contribution in [0.1, 0.15) is 24.8 Å². The average molecular weight is 592 g/mol. The molecule has 1 saturated heterocycles. The van der Waals surface area contributed by atoms with Crippen LogP contribution < -0.4 is 15.4 Å². The first-order valence-corrected chi connectivity index (χ1v) is 15.4. The van der Waals surface area contributed by atoms with Crippen LogP contribution in [0.4, 0.5) is 5.13 Å². The Labute approximate surface area is 237 Å². The summed E-state index contributed by atoms with van der Waals surface area (Å²) in [7, 11) is -0.0853. The van der Waals surface area contributed by atoms with Crippen LogP contribution in [-0.2, 0) is 28.9 Å². The molecule has 1 aliphatic heterocycles. The highest BCUT2D eigenvalue weighted by Gasteiger charge is 2.22. The van der Waals surface area contributed by atoms with Gasteiger partial charge in [0.05, 0.1) is 30.5 Å². The number of sulfone groups is 1. The average Bonchev–Trinajstić information content (AvgIpc) is 3.61. The highest BCUT2D eigenvalue weighted by atomic mass is 32.2. The lowest BCUT2D eigenvalue weighted by Crippen LogP contribution is -2.25. The molecule has 4 rings (SSSR count). The van der Waals surface area contributed by atoms with Crippen LogP contribution in [0.25, 0.3) is 10.3 Å². The van der Waals surface area contributed by atoms with E-state index in [1.165, 1.54) is 42.7 Å². The molecule has 40 heavy (non-hydrogen) atoms. The van der Waals surface area contributed by atoms with Gasteiger partial charge in [0.25, 0.3) is 5.91 Å². The van der Waals surface area contributed by atoms with Crippen LogP contribution in [0, 0.1) is 0 Å². The van der Waals surface area contributed by atoms with Gasteiger partial charge in [0.15, 0.2) is 26.8 Å². The van der Waals surface area contributed by atoms with Gasteiger partial charge in [0.2, 0.25) is 5.88 Å². The molecule has 3 aromatic rings. The Morgan fingerprint density at radius 2 is 1.98 bits per heavy atom. The van der Waals surface area contributed by atoms with Gasteiger partial charge in [-0.2, -0.15) is 0 Å². The molecule has 0 saturated carbocycles. The van der Waals surface area contributed by atoms with E-state index < -0.39 is 15.7 Å². The number of aromatic nitrogens is 2. The number of carbonyl (C=O) groups is 1. The second-order valence-corrected chi connectivity index (χ2v) is 12.1. The van der Waals surface area contributed by atoms with E-state index in [2.05, 4.69) is 25.8 Å². The number of nitrogens with one attached hydrogen (secondary N) is 2. The van der Waals surface area contributed by atoms with Gasteiger partial charge in [-0.3, -0.25) is 10.1 Å². The zero-order valence-electron chi connectivity index (χ0n) is 22.4. The molecular weight excluding hydrogens is 558 g/mol. The van der Waals surface area contributed by atoms with Crippen molar-refractivity contribution in [2.24, 2.45) is 5.16 Å². The van der Waals surface area contributed by atoms with Gasteiger partial charge in [-0.25, -0.2) is 18.4 Å². The number of carbonyl (C=O) groups excluding carboxylic acids is 1. The smallest absolute Gasteiger partial charge is 0.280 e. The lowest BCUT2D eigenvalue weighted by Gasteiger charge is -2.10. The number of oxime groups is 1. The van der Waals surface area contributed by atoms with Crippen LogP contribution in [0.15, 0.2) is 46.4 Å². The molecule has 0 radical (unpaired) electrons. The molecule has 1 atom stereocenters. The Bertz CT molecular complexity index is 1400. The van der Waals surface area contributed by atoms with Gasteiger partial charge in [0.1, 0.15) is 10.3 Å². The van der Waals surface area contributed by atoms with E-state index >= 15 is 0 Å². The predicted octanol–water partition coefficient (Wildman–Crippen LogP) is 2.64. The maximum atomic E-state index is 13.4. The number of nitrogens with zero attached hydrogens (tertiary/aromatic N) is 3. The molecule has 0 unspecified atom stereocenters. The third kappa shape index (κ3) is 8.17. The Morgan fingerprint density at radius 3 is 2.70 bits per heavy atom. The molecule has 216 valence electrons. The molecule has 1 aromatic carbocycles. The van der Waals surface area contributed by atoms with E-state index in [0.29, 0.717) is 66.2 Å². The van der Waals surface area contributed by atoms with E-state index in [0.717, 1.165) is 13.0 Å². The van der Waals surface area contributed by atoms with Crippen molar-refractivity contribution in [1.82, 2.24) is 15.3 Å². The number of hydrogen-bond donors (Lipinski definition) is 2. The first kappa shape index (κ1) is 29.8. The number of amides is 1. The van der Waals surface area contributed by atoms with Crippen molar-refractivity contribution in [1.29, 1.82) is 0 Å². The standard InChI is InChI=1S/C26H33N5O7S2/c1-27-12-3-14-37-22-10-9-21-25(29-22)39-26(28-21)30-24(32)23(31-38-19-11-15-36-17-19)18-5-7-20(8-6-18)40(33,34)16-4-13-35-2/h5-10,19,27H,3-4,11-17H2,1-2H3,(H,28,30,32)/t19-/m1/s1. The van der Waals surface area contributed by atoms with E-state index in [1.807, 2.05) is 7.05 Å². The van der Waals surface area contributed by atoms with E-state index in [9.17, 15) is 13.2 Å². The minimum absolute atomic E-state index is 0.0176. The van der Waals surface area contributed by atoms with Crippen LogP contribution in [-0.4, -0.2) is 89.0 Å². The van der Waals surface area contributed by atoms with E-state index in [-0.39, 0.29) is 22.5 Å². The number of pyridine rings is 1. The topological polar surface area (TPSA) is 150 Å². The van der Waals surface area contributed by atoms with Gasteiger partial charge in [-0.05, 0) is 44.6 Å². The predicted molar refractivity (Wildman–Crippen MR) is 152 cm³/mol. The molecule has 14 heteroatoms. The minimum atomic E-state index is -3.49. The molecule has 1 aliphatic rings. The van der Waals surface area contributed by atoms with E-state index in [4.69, 9.17) is 19.0 Å². The highest BCUT2D eigenvalue weighted by molar-refractivity contribution is 7.91. The van der Waals surface area contributed by atoms with Gasteiger partial charge in [-0.15, -0.1) is 0 Å². The van der Waals surface area contributed by atoms with Crippen molar-refractivity contribution in [3.8, 4) is 5.88 Å². The van der Waals surface area contributed by atoms with Crippen molar-refractivity contribution in [3.63, 3.8) is 0 Å². The molecule has 1 amide bonds.